The minimum Gasteiger partial charge on any atom is -0.464 e. The van der Waals surface area contributed by atoms with Gasteiger partial charge in [0.2, 0.25) is 0 Å². The average molecular weight is 371 g/mol. The largest absolute Gasteiger partial charge is 0.464 e. The van der Waals surface area contributed by atoms with Crippen molar-refractivity contribution in [2.45, 2.75) is 0 Å². The van der Waals surface area contributed by atoms with Crippen LogP contribution in [0.25, 0.3) is 0 Å². The number of amides is 3. The molecule has 0 aromatic rings. The SMILES string of the molecule is NNC(=O)O.NNC(=O)O.NNC(=O)O.O.O.O.[Y]. The van der Waals surface area contributed by atoms with Gasteiger partial charge in [-0.15, -0.1) is 0 Å². The summed E-state index contributed by atoms with van der Waals surface area (Å²) in [7, 11) is 0. The quantitative estimate of drug-likeness (QED) is 0.111. The maximum atomic E-state index is 9.13. The number of hydrogen-bond acceptors (Lipinski definition) is 6. The molecule has 15 nitrogen and oxygen atoms in total. The van der Waals surface area contributed by atoms with Crippen LogP contribution in [-0.2, 0) is 32.7 Å². The van der Waals surface area contributed by atoms with E-state index in [-0.39, 0.29) is 49.1 Å². The van der Waals surface area contributed by atoms with E-state index in [1.54, 1.807) is 0 Å². The van der Waals surface area contributed by atoms with E-state index in [1.807, 2.05) is 0 Å². The predicted molar refractivity (Wildman–Crippen MR) is 56.9 cm³/mol. The second kappa shape index (κ2) is 36.0. The molecule has 0 unspecified atom stereocenters. The van der Waals surface area contributed by atoms with Crippen molar-refractivity contribution in [1.29, 1.82) is 0 Å². The molecule has 0 rings (SSSR count). The molecule has 0 bridgehead atoms. The zero-order chi connectivity index (χ0) is 12.9. The molecule has 18 N–H and O–H groups in total. The van der Waals surface area contributed by atoms with Crippen LogP contribution in [0.5, 0.6) is 0 Å². The maximum absolute atomic E-state index is 9.13. The fourth-order valence-corrected chi connectivity index (χ4v) is 0. The summed E-state index contributed by atoms with van der Waals surface area (Å²) in [5.74, 6) is 13.0. The Hall–Kier alpha value is -1.33. The second-order valence-corrected chi connectivity index (χ2v) is 1.35. The molecule has 0 aliphatic carbocycles. The smallest absolute Gasteiger partial charge is 0.418 e. The Balaban J connectivity index is -0.0000000206. The number of nitrogens with one attached hydrogen (secondary N) is 3. The third-order valence-corrected chi connectivity index (χ3v) is 0.370. The Bertz CT molecular complexity index is 171. The normalized spacial score (nSPS) is 5.21. The van der Waals surface area contributed by atoms with Crippen LogP contribution in [-0.4, -0.2) is 50.0 Å². The first-order valence-electron chi connectivity index (χ1n) is 2.90. The summed E-state index contributed by atoms with van der Waals surface area (Å²) in [4.78, 5) is 27.4. The summed E-state index contributed by atoms with van der Waals surface area (Å²) >= 11 is 0. The van der Waals surface area contributed by atoms with E-state index in [9.17, 15) is 0 Å². The van der Waals surface area contributed by atoms with Crippen LogP contribution in [0.15, 0.2) is 0 Å². The van der Waals surface area contributed by atoms with E-state index in [0.717, 1.165) is 0 Å². The van der Waals surface area contributed by atoms with Crippen molar-refractivity contribution in [1.82, 2.24) is 16.3 Å². The molecular weight excluding hydrogens is 353 g/mol. The minimum absolute atomic E-state index is 0. The van der Waals surface area contributed by atoms with E-state index in [1.165, 1.54) is 16.3 Å². The molecule has 0 aliphatic heterocycles. The molecule has 0 saturated heterocycles. The summed E-state index contributed by atoms with van der Waals surface area (Å²) < 4.78 is 0. The van der Waals surface area contributed by atoms with Crippen LogP contribution in [0.2, 0.25) is 0 Å². The Kier molecular flexibility index (Phi) is 81.6. The fraction of sp³-hybridized carbons (Fsp3) is 0. The molecule has 0 aromatic carbocycles. The van der Waals surface area contributed by atoms with Gasteiger partial charge in [-0.25, -0.2) is 31.9 Å². The molecule has 0 fully saturated rings. The topological polar surface area (TPSA) is 321 Å². The molecule has 19 heavy (non-hydrogen) atoms. The van der Waals surface area contributed by atoms with Crippen LogP contribution < -0.4 is 33.8 Å². The molecule has 0 spiro atoms. The number of nitrogens with two attached hydrogens (primary N) is 3. The van der Waals surface area contributed by atoms with Gasteiger partial charge in [-0.1, -0.05) is 0 Å². The van der Waals surface area contributed by atoms with Crippen LogP contribution >= 0.6 is 0 Å². The number of carboxylic acid groups (broad SMARTS) is 3. The zero-order valence-electron chi connectivity index (χ0n) is 9.38. The van der Waals surface area contributed by atoms with Crippen molar-refractivity contribution >= 4 is 18.3 Å². The summed E-state index contributed by atoms with van der Waals surface area (Å²) in [6.07, 6.45) is -3.65. The van der Waals surface area contributed by atoms with Gasteiger partial charge in [0, 0.05) is 32.7 Å². The third-order valence-electron chi connectivity index (χ3n) is 0.370. The fourth-order valence-electron chi connectivity index (χ4n) is 0. The van der Waals surface area contributed by atoms with Gasteiger partial charge in [0.25, 0.3) is 0 Å². The first-order valence-corrected chi connectivity index (χ1v) is 2.90. The van der Waals surface area contributed by atoms with Crippen LogP contribution in [0, 0.1) is 0 Å². The molecule has 16 heteroatoms. The van der Waals surface area contributed by atoms with E-state index in [4.69, 9.17) is 29.7 Å². The maximum Gasteiger partial charge on any atom is 0.418 e. The average Bonchev–Trinajstić information content (AvgIpc) is 2.19. The minimum atomic E-state index is -1.22. The Morgan fingerprint density at radius 3 is 0.684 bits per heavy atom. The van der Waals surface area contributed by atoms with Gasteiger partial charge in [-0.05, 0) is 0 Å². The molecule has 3 amide bonds. The summed E-state index contributed by atoms with van der Waals surface area (Å²) in [5, 5.41) is 22.5. The van der Waals surface area contributed by atoms with Gasteiger partial charge in [0.1, 0.15) is 0 Å². The van der Waals surface area contributed by atoms with Crippen LogP contribution in [0.4, 0.5) is 14.4 Å². The Morgan fingerprint density at radius 1 is 0.632 bits per heavy atom. The molecule has 0 aromatic heterocycles. The molecule has 117 valence electrons. The number of hydrogen-bond donors (Lipinski definition) is 9. The number of hydrazine groups is 3. The van der Waals surface area contributed by atoms with Gasteiger partial charge >= 0.3 is 18.3 Å². The van der Waals surface area contributed by atoms with Crippen LogP contribution in [0.1, 0.15) is 0 Å². The van der Waals surface area contributed by atoms with Gasteiger partial charge in [0.15, 0.2) is 0 Å². The molecule has 0 saturated carbocycles. The van der Waals surface area contributed by atoms with Gasteiger partial charge in [-0.3, -0.25) is 16.3 Å². The molecule has 0 atom stereocenters. The third kappa shape index (κ3) is 164. The molecule has 0 aliphatic rings. The summed E-state index contributed by atoms with van der Waals surface area (Å²) in [6.45, 7) is 0. The van der Waals surface area contributed by atoms with Gasteiger partial charge < -0.3 is 31.7 Å². The monoisotopic (exact) mass is 371 g/mol. The van der Waals surface area contributed by atoms with Gasteiger partial charge in [-0.2, -0.15) is 0 Å². The van der Waals surface area contributed by atoms with Crippen molar-refractivity contribution in [3.8, 4) is 0 Å². The number of rotatable bonds is 0. The van der Waals surface area contributed by atoms with Crippen molar-refractivity contribution < 1.29 is 78.8 Å². The molecule has 0 heterocycles. The van der Waals surface area contributed by atoms with E-state index >= 15 is 0 Å². The van der Waals surface area contributed by atoms with E-state index < -0.39 is 18.3 Å². The molecule has 1 radical (unpaired) electrons. The predicted octanol–water partition coefficient (Wildman–Crippen LogP) is -5.09. The molecular formula is C3H18N6O9Y. The first-order chi connectivity index (χ1) is 6.81. The summed E-state index contributed by atoms with van der Waals surface area (Å²) in [5.41, 5.74) is 4.33. The van der Waals surface area contributed by atoms with Crippen molar-refractivity contribution in [2.24, 2.45) is 17.5 Å². The van der Waals surface area contributed by atoms with Gasteiger partial charge in [0.05, 0.1) is 0 Å². The number of carbonyl (C=O) groups is 3. The van der Waals surface area contributed by atoms with E-state index in [0.29, 0.717) is 0 Å². The Labute approximate surface area is 131 Å². The first kappa shape index (κ1) is 43.1. The summed E-state index contributed by atoms with van der Waals surface area (Å²) in [6, 6.07) is 0. The van der Waals surface area contributed by atoms with Crippen LogP contribution in [0.3, 0.4) is 0 Å². The second-order valence-electron chi connectivity index (χ2n) is 1.35. The van der Waals surface area contributed by atoms with E-state index in [2.05, 4.69) is 17.5 Å². The Morgan fingerprint density at radius 2 is 0.684 bits per heavy atom. The van der Waals surface area contributed by atoms with Crippen molar-refractivity contribution in [2.75, 3.05) is 0 Å². The van der Waals surface area contributed by atoms with Crippen molar-refractivity contribution in [3.63, 3.8) is 0 Å². The van der Waals surface area contributed by atoms with Crippen molar-refractivity contribution in [3.05, 3.63) is 0 Å². The standard InChI is InChI=1S/3CH4N2O2.3H2O.Y/c3*2-3-1(4)5;;;;/h3*3H,2H2,(H,4,5);3*1H2;. The zero-order valence-corrected chi connectivity index (χ0v) is 12.2.